The summed E-state index contributed by atoms with van der Waals surface area (Å²) in [7, 11) is -3.77. The molecule has 1 atom stereocenters. The van der Waals surface area contributed by atoms with Crippen LogP contribution in [0, 0.1) is 0 Å². The fourth-order valence-electron chi connectivity index (χ4n) is 3.96. The second-order valence-electron chi connectivity index (χ2n) is 8.75. The Morgan fingerprint density at radius 1 is 0.919 bits per heavy atom. The van der Waals surface area contributed by atoms with Crippen molar-refractivity contribution in [3.8, 4) is 0 Å². The molecule has 7 nitrogen and oxygen atoms in total. The maximum Gasteiger partial charge on any atom is 0.244 e. The van der Waals surface area contributed by atoms with E-state index in [1.807, 2.05) is 61.5 Å². The Morgan fingerprint density at radius 3 is 2.14 bits per heavy atom. The van der Waals surface area contributed by atoms with E-state index in [1.54, 1.807) is 30.3 Å². The van der Waals surface area contributed by atoms with Crippen LogP contribution in [0.4, 0.5) is 5.69 Å². The van der Waals surface area contributed by atoms with Crippen LogP contribution >= 0.6 is 15.9 Å². The van der Waals surface area contributed by atoms with E-state index in [0.717, 1.165) is 32.6 Å². The normalized spacial score (nSPS) is 12.0. The highest BCUT2D eigenvalue weighted by molar-refractivity contribution is 9.10. The minimum atomic E-state index is -3.77. The highest BCUT2D eigenvalue weighted by Gasteiger charge is 2.32. The molecule has 0 aliphatic rings. The van der Waals surface area contributed by atoms with Crippen molar-refractivity contribution in [2.75, 3.05) is 23.7 Å². The molecule has 3 rings (SSSR count). The molecule has 0 aliphatic heterocycles. The summed E-state index contributed by atoms with van der Waals surface area (Å²) in [6.45, 7) is 2.15. The third-order valence-electron chi connectivity index (χ3n) is 5.79. The third kappa shape index (κ3) is 8.43. The molecule has 0 bridgehead atoms. The molecule has 9 heteroatoms. The number of benzene rings is 3. The Kier molecular flexibility index (Phi) is 10.3. The van der Waals surface area contributed by atoms with Crippen LogP contribution in [0.5, 0.6) is 0 Å². The van der Waals surface area contributed by atoms with E-state index in [2.05, 4.69) is 21.2 Å². The Labute approximate surface area is 227 Å². The Hall–Kier alpha value is -3.17. The lowest BCUT2D eigenvalue weighted by molar-refractivity contribution is -0.140. The zero-order chi connectivity index (χ0) is 26.8. The molecule has 3 aromatic carbocycles. The number of hydrogen-bond donors (Lipinski definition) is 1. The van der Waals surface area contributed by atoms with Gasteiger partial charge in [0.2, 0.25) is 21.8 Å². The SMILES string of the molecule is CCCNC(=O)C(Cc1ccccc1)N(Cc1cccc(Br)c1)C(=O)CN(c1ccccc1)S(C)(=O)=O. The minimum Gasteiger partial charge on any atom is -0.354 e. The second-order valence-corrected chi connectivity index (χ2v) is 11.6. The van der Waals surface area contributed by atoms with Crippen LogP contribution in [0.15, 0.2) is 89.4 Å². The van der Waals surface area contributed by atoms with E-state index in [0.29, 0.717) is 18.7 Å². The Bertz CT molecular complexity index is 1290. The van der Waals surface area contributed by atoms with E-state index in [4.69, 9.17) is 0 Å². The number of halogens is 1. The molecule has 1 unspecified atom stereocenters. The smallest absolute Gasteiger partial charge is 0.244 e. The summed E-state index contributed by atoms with van der Waals surface area (Å²) in [5.41, 5.74) is 2.10. The van der Waals surface area contributed by atoms with E-state index in [1.165, 1.54) is 4.90 Å². The Balaban J connectivity index is 2.02. The van der Waals surface area contributed by atoms with Crippen molar-refractivity contribution in [1.29, 1.82) is 0 Å². The maximum atomic E-state index is 13.9. The predicted octanol–water partition coefficient (Wildman–Crippen LogP) is 4.38. The number of carbonyl (C=O) groups excluding carboxylic acids is 2. The van der Waals surface area contributed by atoms with E-state index in [9.17, 15) is 18.0 Å². The largest absolute Gasteiger partial charge is 0.354 e. The number of para-hydroxylation sites is 1. The predicted molar refractivity (Wildman–Crippen MR) is 151 cm³/mol. The summed E-state index contributed by atoms with van der Waals surface area (Å²) in [6, 6.07) is 24.6. The van der Waals surface area contributed by atoms with Gasteiger partial charge in [-0.1, -0.05) is 83.5 Å². The van der Waals surface area contributed by atoms with Gasteiger partial charge in [-0.2, -0.15) is 0 Å². The number of hydrogen-bond acceptors (Lipinski definition) is 4. The standard InChI is InChI=1S/C28H32BrN3O4S/c1-3-17-30-28(34)26(19-22-11-6-4-7-12-22)31(20-23-13-10-14-24(29)18-23)27(33)21-32(37(2,35)36)25-15-8-5-9-16-25/h4-16,18,26H,3,17,19-21H2,1-2H3,(H,30,34). The van der Waals surface area contributed by atoms with Gasteiger partial charge in [0.1, 0.15) is 12.6 Å². The van der Waals surface area contributed by atoms with Gasteiger partial charge in [0.25, 0.3) is 0 Å². The van der Waals surface area contributed by atoms with Gasteiger partial charge in [0.05, 0.1) is 11.9 Å². The fourth-order valence-corrected chi connectivity index (χ4v) is 5.26. The first kappa shape index (κ1) is 28.4. The van der Waals surface area contributed by atoms with Crippen LogP contribution in [0.25, 0.3) is 0 Å². The molecule has 0 aliphatic carbocycles. The van der Waals surface area contributed by atoms with Crippen molar-refractivity contribution in [1.82, 2.24) is 10.2 Å². The van der Waals surface area contributed by atoms with Gasteiger partial charge in [0.15, 0.2) is 0 Å². The van der Waals surface area contributed by atoms with Crippen LogP contribution in [0.2, 0.25) is 0 Å². The summed E-state index contributed by atoms with van der Waals surface area (Å²) >= 11 is 3.47. The molecule has 3 aromatic rings. The average Bonchev–Trinajstić information content (AvgIpc) is 2.88. The molecule has 196 valence electrons. The molecule has 0 aromatic heterocycles. The van der Waals surface area contributed by atoms with Crippen LogP contribution < -0.4 is 9.62 Å². The molecule has 0 saturated heterocycles. The van der Waals surface area contributed by atoms with Crippen molar-refractivity contribution < 1.29 is 18.0 Å². The number of nitrogens with one attached hydrogen (secondary N) is 1. The summed E-state index contributed by atoms with van der Waals surface area (Å²) in [4.78, 5) is 28.8. The van der Waals surface area contributed by atoms with E-state index >= 15 is 0 Å². The van der Waals surface area contributed by atoms with E-state index < -0.39 is 28.5 Å². The molecule has 2 amide bonds. The number of anilines is 1. The topological polar surface area (TPSA) is 86.8 Å². The molecular formula is C28H32BrN3O4S. The lowest BCUT2D eigenvalue weighted by Crippen LogP contribution is -2.53. The second kappa shape index (κ2) is 13.4. The van der Waals surface area contributed by atoms with Crippen molar-refractivity contribution >= 4 is 43.5 Å². The molecular weight excluding hydrogens is 554 g/mol. The van der Waals surface area contributed by atoms with Crippen molar-refractivity contribution in [2.24, 2.45) is 0 Å². The first-order valence-electron chi connectivity index (χ1n) is 12.1. The molecule has 0 saturated carbocycles. The summed E-state index contributed by atoms with van der Waals surface area (Å²) in [6.07, 6.45) is 2.11. The zero-order valence-corrected chi connectivity index (χ0v) is 23.4. The number of rotatable bonds is 12. The summed E-state index contributed by atoms with van der Waals surface area (Å²) in [5.74, 6) is -0.749. The summed E-state index contributed by atoms with van der Waals surface area (Å²) in [5, 5.41) is 2.93. The van der Waals surface area contributed by atoms with Crippen LogP contribution in [0.3, 0.4) is 0 Å². The van der Waals surface area contributed by atoms with Gasteiger partial charge in [-0.05, 0) is 41.8 Å². The van der Waals surface area contributed by atoms with Crippen molar-refractivity contribution in [3.05, 3.63) is 101 Å². The molecule has 37 heavy (non-hydrogen) atoms. The minimum absolute atomic E-state index is 0.141. The lowest BCUT2D eigenvalue weighted by atomic mass is 10.0. The molecule has 0 radical (unpaired) electrons. The molecule has 1 N–H and O–H groups in total. The highest BCUT2D eigenvalue weighted by atomic mass is 79.9. The van der Waals surface area contributed by atoms with Crippen molar-refractivity contribution in [2.45, 2.75) is 32.4 Å². The molecule has 0 heterocycles. The summed E-state index contributed by atoms with van der Waals surface area (Å²) < 4.78 is 27.3. The van der Waals surface area contributed by atoms with Crippen LogP contribution in [-0.4, -0.2) is 50.5 Å². The molecule has 0 spiro atoms. The van der Waals surface area contributed by atoms with Crippen molar-refractivity contribution in [3.63, 3.8) is 0 Å². The van der Waals surface area contributed by atoms with Crippen LogP contribution in [-0.2, 0) is 32.6 Å². The zero-order valence-electron chi connectivity index (χ0n) is 21.0. The number of amides is 2. The maximum absolute atomic E-state index is 13.9. The van der Waals surface area contributed by atoms with Gasteiger partial charge in [-0.15, -0.1) is 0 Å². The number of nitrogens with zero attached hydrogens (tertiary/aromatic N) is 2. The van der Waals surface area contributed by atoms with Gasteiger partial charge in [-0.25, -0.2) is 8.42 Å². The number of sulfonamides is 1. The highest BCUT2D eigenvalue weighted by Crippen LogP contribution is 2.21. The third-order valence-corrected chi connectivity index (χ3v) is 7.42. The first-order valence-corrected chi connectivity index (χ1v) is 14.7. The number of carbonyl (C=O) groups is 2. The van der Waals surface area contributed by atoms with Gasteiger partial charge in [-0.3, -0.25) is 13.9 Å². The first-order chi connectivity index (χ1) is 17.7. The van der Waals surface area contributed by atoms with Gasteiger partial charge >= 0.3 is 0 Å². The average molecular weight is 587 g/mol. The monoisotopic (exact) mass is 585 g/mol. The van der Waals surface area contributed by atoms with Gasteiger partial charge < -0.3 is 10.2 Å². The quantitative estimate of drug-likeness (QED) is 0.342. The van der Waals surface area contributed by atoms with Crippen LogP contribution in [0.1, 0.15) is 24.5 Å². The lowest BCUT2D eigenvalue weighted by Gasteiger charge is -2.33. The van der Waals surface area contributed by atoms with E-state index in [-0.39, 0.29) is 12.5 Å². The Morgan fingerprint density at radius 2 is 1.54 bits per heavy atom. The fraction of sp³-hybridized carbons (Fsp3) is 0.286. The molecule has 0 fully saturated rings. The van der Waals surface area contributed by atoms with Gasteiger partial charge in [0, 0.05) is 24.0 Å².